The Bertz CT molecular complexity index is 668. The highest BCUT2D eigenvalue weighted by Crippen LogP contribution is 2.68. The minimum Gasteiger partial charge on any atom is -0.160 e. The van der Waals surface area contributed by atoms with Crippen LogP contribution in [0.4, 0.5) is 0 Å². The molecule has 0 fully saturated rings. The molecular formula is C26H32S. The highest BCUT2D eigenvalue weighted by molar-refractivity contribution is 8.33. The van der Waals surface area contributed by atoms with Crippen molar-refractivity contribution in [3.05, 3.63) is 91.0 Å². The fraction of sp³-hybridized carbons (Fsp3) is 0.308. The lowest BCUT2D eigenvalue weighted by molar-refractivity contribution is 0.626. The van der Waals surface area contributed by atoms with Crippen LogP contribution in [0.5, 0.6) is 0 Å². The summed E-state index contributed by atoms with van der Waals surface area (Å²) in [5.41, 5.74) is 0. The molecule has 0 aliphatic heterocycles. The first-order valence-electron chi connectivity index (χ1n) is 10.3. The van der Waals surface area contributed by atoms with Crippen molar-refractivity contribution in [2.24, 2.45) is 0 Å². The average Bonchev–Trinajstić information content (AvgIpc) is 2.75. The second kappa shape index (κ2) is 10.4. The fourth-order valence-electron chi connectivity index (χ4n) is 3.82. The van der Waals surface area contributed by atoms with Gasteiger partial charge in [0.25, 0.3) is 0 Å². The van der Waals surface area contributed by atoms with E-state index in [4.69, 9.17) is 0 Å². The van der Waals surface area contributed by atoms with Crippen molar-refractivity contribution in [3.63, 3.8) is 0 Å². The number of rotatable bonds is 10. The summed E-state index contributed by atoms with van der Waals surface area (Å²) in [5.74, 6) is 1.23. The van der Waals surface area contributed by atoms with Crippen molar-refractivity contribution >= 4 is 10.0 Å². The molecule has 0 heterocycles. The topological polar surface area (TPSA) is 0 Å². The maximum atomic E-state index is 2.34. The van der Waals surface area contributed by atoms with E-state index in [1.165, 1.54) is 59.0 Å². The van der Waals surface area contributed by atoms with Gasteiger partial charge in [-0.3, -0.25) is 0 Å². The molecular weight excluding hydrogens is 344 g/mol. The molecule has 0 amide bonds. The molecule has 0 saturated carbocycles. The minimum absolute atomic E-state index is 1.23. The third kappa shape index (κ3) is 4.84. The van der Waals surface area contributed by atoms with Gasteiger partial charge in [-0.25, -0.2) is 0 Å². The van der Waals surface area contributed by atoms with E-state index in [1.54, 1.807) is 0 Å². The van der Waals surface area contributed by atoms with E-state index in [1.807, 2.05) is 0 Å². The van der Waals surface area contributed by atoms with E-state index in [0.29, 0.717) is 0 Å². The van der Waals surface area contributed by atoms with Crippen molar-refractivity contribution in [1.29, 1.82) is 0 Å². The predicted octanol–water partition coefficient (Wildman–Crippen LogP) is 8.33. The molecule has 0 aliphatic carbocycles. The molecule has 0 spiro atoms. The Morgan fingerprint density at radius 1 is 0.481 bits per heavy atom. The van der Waals surface area contributed by atoms with Crippen molar-refractivity contribution in [2.75, 3.05) is 5.75 Å². The van der Waals surface area contributed by atoms with Crippen LogP contribution in [0.1, 0.15) is 45.4 Å². The first-order chi connectivity index (χ1) is 13.4. The Morgan fingerprint density at radius 2 is 0.852 bits per heavy atom. The molecule has 0 N–H and O–H groups in total. The lowest BCUT2D eigenvalue weighted by Gasteiger charge is -2.42. The van der Waals surface area contributed by atoms with Crippen LogP contribution < -0.4 is 0 Å². The highest BCUT2D eigenvalue weighted by Gasteiger charge is 2.30. The Labute approximate surface area is 167 Å². The zero-order valence-electron chi connectivity index (χ0n) is 16.5. The summed E-state index contributed by atoms with van der Waals surface area (Å²) in [7, 11) is -1.23. The summed E-state index contributed by atoms with van der Waals surface area (Å²) in [6, 6.07) is 33.6. The molecule has 0 nitrogen and oxygen atoms in total. The van der Waals surface area contributed by atoms with Crippen LogP contribution in [-0.2, 0) is 0 Å². The zero-order chi connectivity index (χ0) is 18.8. The first-order valence-corrected chi connectivity index (χ1v) is 12.1. The van der Waals surface area contributed by atoms with Gasteiger partial charge >= 0.3 is 0 Å². The molecule has 142 valence electrons. The van der Waals surface area contributed by atoms with E-state index >= 15 is 0 Å². The summed E-state index contributed by atoms with van der Waals surface area (Å²) >= 11 is 0. The Hall–Kier alpha value is -1.99. The highest BCUT2D eigenvalue weighted by atomic mass is 32.3. The number of hydrogen-bond donors (Lipinski definition) is 0. The molecule has 3 rings (SSSR count). The fourth-order valence-corrected chi connectivity index (χ4v) is 7.85. The van der Waals surface area contributed by atoms with E-state index < -0.39 is 10.0 Å². The lowest BCUT2D eigenvalue weighted by atomic mass is 10.1. The molecule has 3 aromatic rings. The summed E-state index contributed by atoms with van der Waals surface area (Å²) in [6.07, 6.45) is 8.04. The SMILES string of the molecule is CCCCCCCCS(c1ccccc1)(c1ccccc1)c1ccccc1. The number of hydrogen-bond acceptors (Lipinski definition) is 0. The van der Waals surface area contributed by atoms with Crippen molar-refractivity contribution in [3.8, 4) is 0 Å². The standard InChI is InChI=1S/C26H32S/c1-2-3-4-5-6-16-23-27(24-17-10-7-11-18-24,25-19-12-8-13-20-25)26-21-14-9-15-22-26/h7-15,17-22H,2-6,16,23H2,1H3. The van der Waals surface area contributed by atoms with Crippen molar-refractivity contribution in [2.45, 2.75) is 60.1 Å². The number of benzene rings is 3. The molecule has 0 atom stereocenters. The second-order valence-corrected chi connectivity index (χ2v) is 10.5. The summed E-state index contributed by atoms with van der Waals surface area (Å²) in [4.78, 5) is 4.45. The van der Waals surface area contributed by atoms with Gasteiger partial charge in [0.2, 0.25) is 0 Å². The van der Waals surface area contributed by atoms with Crippen LogP contribution >= 0.6 is 10.0 Å². The maximum Gasteiger partial charge on any atom is -0.00187 e. The molecule has 1 heteroatoms. The van der Waals surface area contributed by atoms with E-state index in [-0.39, 0.29) is 0 Å². The van der Waals surface area contributed by atoms with E-state index in [2.05, 4.69) is 97.9 Å². The van der Waals surface area contributed by atoms with Crippen LogP contribution in [0.15, 0.2) is 106 Å². The molecule has 27 heavy (non-hydrogen) atoms. The van der Waals surface area contributed by atoms with Gasteiger partial charge in [-0.15, -0.1) is 0 Å². The van der Waals surface area contributed by atoms with Gasteiger partial charge in [0.1, 0.15) is 0 Å². The van der Waals surface area contributed by atoms with Gasteiger partial charge in [-0.2, -0.15) is 10.0 Å². The van der Waals surface area contributed by atoms with Crippen LogP contribution in [0, 0.1) is 0 Å². The smallest absolute Gasteiger partial charge is 0.00187 e. The van der Waals surface area contributed by atoms with Crippen molar-refractivity contribution < 1.29 is 0 Å². The van der Waals surface area contributed by atoms with Gasteiger partial charge in [0.05, 0.1) is 0 Å². The molecule has 0 aromatic heterocycles. The molecule has 0 radical (unpaired) electrons. The minimum atomic E-state index is -1.23. The Balaban J connectivity index is 1.98. The van der Waals surface area contributed by atoms with E-state index in [0.717, 1.165) is 0 Å². The molecule has 0 saturated heterocycles. The monoisotopic (exact) mass is 376 g/mol. The van der Waals surface area contributed by atoms with Crippen LogP contribution in [0.2, 0.25) is 0 Å². The maximum absolute atomic E-state index is 2.34. The molecule has 3 aromatic carbocycles. The van der Waals surface area contributed by atoms with Gasteiger partial charge < -0.3 is 0 Å². The summed E-state index contributed by atoms with van der Waals surface area (Å²) in [5, 5.41) is 0. The van der Waals surface area contributed by atoms with Gasteiger partial charge in [0.15, 0.2) is 0 Å². The summed E-state index contributed by atoms with van der Waals surface area (Å²) in [6.45, 7) is 2.29. The molecule has 0 aliphatic rings. The summed E-state index contributed by atoms with van der Waals surface area (Å²) < 4.78 is 0. The quantitative estimate of drug-likeness (QED) is 0.312. The van der Waals surface area contributed by atoms with Gasteiger partial charge in [0, 0.05) is 0 Å². The number of unbranched alkanes of at least 4 members (excludes halogenated alkanes) is 5. The van der Waals surface area contributed by atoms with E-state index in [9.17, 15) is 0 Å². The zero-order valence-corrected chi connectivity index (χ0v) is 17.3. The normalized spacial score (nSPS) is 12.0. The first kappa shape index (κ1) is 19.8. The van der Waals surface area contributed by atoms with Gasteiger partial charge in [-0.1, -0.05) is 93.6 Å². The molecule has 0 bridgehead atoms. The van der Waals surface area contributed by atoms with Crippen LogP contribution in [-0.4, -0.2) is 5.75 Å². The third-order valence-corrected chi connectivity index (χ3v) is 9.37. The molecule has 0 unspecified atom stereocenters. The van der Waals surface area contributed by atoms with Crippen LogP contribution in [0.3, 0.4) is 0 Å². The third-order valence-electron chi connectivity index (χ3n) is 5.24. The predicted molar refractivity (Wildman–Crippen MR) is 120 cm³/mol. The van der Waals surface area contributed by atoms with Crippen LogP contribution in [0.25, 0.3) is 0 Å². The average molecular weight is 377 g/mol. The second-order valence-electron chi connectivity index (χ2n) is 7.15. The largest absolute Gasteiger partial charge is 0.160 e. The van der Waals surface area contributed by atoms with Crippen molar-refractivity contribution in [1.82, 2.24) is 0 Å². The van der Waals surface area contributed by atoms with Gasteiger partial charge in [-0.05, 0) is 63.3 Å². The Kier molecular flexibility index (Phi) is 7.59. The lowest BCUT2D eigenvalue weighted by Crippen LogP contribution is -2.08. The Morgan fingerprint density at radius 3 is 1.26 bits per heavy atom.